The first-order chi connectivity index (χ1) is 20.3. The number of anilines is 1. The maximum absolute atomic E-state index is 12.7. The maximum atomic E-state index is 12.7. The molecular formula is C30H28Cl2N4O5S. The Labute approximate surface area is 253 Å². The van der Waals surface area contributed by atoms with Crippen LogP contribution in [-0.2, 0) is 21.2 Å². The number of aromatic amines is 1. The lowest BCUT2D eigenvalue weighted by Gasteiger charge is -2.33. The Bertz CT molecular complexity index is 1720. The highest BCUT2D eigenvalue weighted by Crippen LogP contribution is 2.47. The SMILES string of the molecule is O=C(CS(=O)(=O)c1cn[nH]c1)c1ccc(N2C[C@@H]3C[C@H]2C[C@H]3OCc2c(-c3c(Cl)cccc3Cl)noc2C2CC2)cc1. The van der Waals surface area contributed by atoms with Gasteiger partial charge in [-0.2, -0.15) is 5.10 Å². The molecule has 3 atom stereocenters. The van der Waals surface area contributed by atoms with Crippen molar-refractivity contribution >= 4 is 44.5 Å². The molecule has 12 heteroatoms. The molecule has 1 saturated heterocycles. The lowest BCUT2D eigenvalue weighted by molar-refractivity contribution is 0.0122. The molecule has 2 aromatic carbocycles. The van der Waals surface area contributed by atoms with E-state index >= 15 is 0 Å². The number of halogens is 2. The van der Waals surface area contributed by atoms with Crippen molar-refractivity contribution < 1.29 is 22.5 Å². The van der Waals surface area contributed by atoms with Crippen molar-refractivity contribution in [3.8, 4) is 11.3 Å². The van der Waals surface area contributed by atoms with Gasteiger partial charge in [-0.15, -0.1) is 0 Å². The van der Waals surface area contributed by atoms with Crippen LogP contribution >= 0.6 is 23.2 Å². The van der Waals surface area contributed by atoms with Crippen LogP contribution in [-0.4, -0.2) is 54.0 Å². The fourth-order valence-electron chi connectivity index (χ4n) is 6.25. The number of benzene rings is 2. The molecule has 1 aliphatic heterocycles. The third kappa shape index (κ3) is 5.15. The maximum Gasteiger partial charge on any atom is 0.188 e. The highest BCUT2D eigenvalue weighted by molar-refractivity contribution is 7.92. The number of ketones is 1. The molecule has 2 aromatic heterocycles. The molecule has 2 aliphatic carbocycles. The van der Waals surface area contributed by atoms with E-state index in [9.17, 15) is 13.2 Å². The summed E-state index contributed by atoms with van der Waals surface area (Å²) in [4.78, 5) is 15.0. The molecule has 9 nitrogen and oxygen atoms in total. The minimum atomic E-state index is -3.74. The van der Waals surface area contributed by atoms with Crippen molar-refractivity contribution in [2.75, 3.05) is 17.2 Å². The number of carbonyl (C=O) groups excluding carboxylic acids is 1. The highest BCUT2D eigenvalue weighted by atomic mass is 35.5. The molecule has 3 fully saturated rings. The Morgan fingerprint density at radius 1 is 1.10 bits per heavy atom. The quantitative estimate of drug-likeness (QED) is 0.210. The third-order valence-electron chi connectivity index (χ3n) is 8.56. The van der Waals surface area contributed by atoms with Crippen molar-refractivity contribution in [2.24, 2.45) is 5.92 Å². The number of piperidine rings is 1. The summed E-state index contributed by atoms with van der Waals surface area (Å²) in [5, 5.41) is 11.6. The van der Waals surface area contributed by atoms with Gasteiger partial charge in [0.1, 0.15) is 22.1 Å². The zero-order valence-corrected chi connectivity index (χ0v) is 24.8. The second kappa shape index (κ2) is 10.8. The van der Waals surface area contributed by atoms with E-state index in [2.05, 4.69) is 20.3 Å². The average Bonchev–Trinajstić information content (AvgIpc) is 3.36. The van der Waals surface area contributed by atoms with Gasteiger partial charge < -0.3 is 14.2 Å². The number of sulfone groups is 1. The monoisotopic (exact) mass is 626 g/mol. The van der Waals surface area contributed by atoms with Gasteiger partial charge in [0.25, 0.3) is 0 Å². The van der Waals surface area contributed by atoms with Gasteiger partial charge in [-0.1, -0.05) is 34.4 Å². The molecule has 3 aliphatic rings. The molecule has 2 saturated carbocycles. The molecular weight excluding hydrogens is 599 g/mol. The molecule has 1 N–H and O–H groups in total. The Morgan fingerprint density at radius 2 is 1.86 bits per heavy atom. The number of hydrogen-bond donors (Lipinski definition) is 1. The highest BCUT2D eigenvalue weighted by Gasteiger charge is 2.46. The van der Waals surface area contributed by atoms with E-state index < -0.39 is 21.4 Å². The van der Waals surface area contributed by atoms with Crippen LogP contribution in [0.2, 0.25) is 10.0 Å². The number of rotatable bonds is 10. The summed E-state index contributed by atoms with van der Waals surface area (Å²) in [6, 6.07) is 12.9. The molecule has 42 heavy (non-hydrogen) atoms. The fraction of sp³-hybridized carbons (Fsp3) is 0.367. The van der Waals surface area contributed by atoms with Gasteiger partial charge in [0.05, 0.1) is 29.0 Å². The van der Waals surface area contributed by atoms with E-state index in [1.165, 1.54) is 12.4 Å². The summed E-state index contributed by atoms with van der Waals surface area (Å²) in [6.07, 6.45) is 6.65. The zero-order valence-electron chi connectivity index (χ0n) is 22.5. The number of nitrogens with one attached hydrogen (secondary N) is 1. The summed E-state index contributed by atoms with van der Waals surface area (Å²) in [5.41, 5.74) is 3.65. The molecule has 7 rings (SSSR count). The van der Waals surface area contributed by atoms with Crippen molar-refractivity contribution in [1.82, 2.24) is 15.4 Å². The minimum Gasteiger partial charge on any atom is -0.373 e. The molecule has 0 amide bonds. The van der Waals surface area contributed by atoms with Crippen LogP contribution in [0.25, 0.3) is 11.3 Å². The van der Waals surface area contributed by atoms with E-state index in [0.29, 0.717) is 51.4 Å². The summed E-state index contributed by atoms with van der Waals surface area (Å²) in [6.45, 7) is 1.23. The molecule has 0 unspecified atom stereocenters. The van der Waals surface area contributed by atoms with Crippen molar-refractivity contribution in [3.63, 3.8) is 0 Å². The van der Waals surface area contributed by atoms with Crippen LogP contribution in [0.4, 0.5) is 5.69 Å². The number of carbonyl (C=O) groups is 1. The number of hydrogen-bond acceptors (Lipinski definition) is 8. The summed E-state index contributed by atoms with van der Waals surface area (Å²) >= 11 is 13.0. The van der Waals surface area contributed by atoms with Gasteiger partial charge in [-0.05, 0) is 62.1 Å². The standard InChI is InChI=1S/C30H28Cl2N4O5S/c31-24-2-1-3-25(32)28(24)29-23(30(41-35-29)18-4-5-18)15-40-27-11-21-10-19(27)14-36(21)20-8-6-17(7-9-20)26(37)16-42(38,39)22-12-33-34-13-22/h1-3,6-9,12-13,18-19,21,27H,4-5,10-11,14-16H2,(H,33,34)/t19-,21-,27+/m0/s1. The van der Waals surface area contributed by atoms with Gasteiger partial charge >= 0.3 is 0 Å². The van der Waals surface area contributed by atoms with Gasteiger partial charge in [-0.25, -0.2) is 8.42 Å². The lowest BCUT2D eigenvalue weighted by Crippen LogP contribution is -2.38. The first-order valence-electron chi connectivity index (χ1n) is 13.9. The minimum absolute atomic E-state index is 0.00835. The van der Waals surface area contributed by atoms with Gasteiger partial charge in [0, 0.05) is 53.0 Å². The second-order valence-corrected chi connectivity index (χ2v) is 14.1. The molecule has 0 radical (unpaired) electrons. The lowest BCUT2D eigenvalue weighted by atomic mass is 10.0. The first kappa shape index (κ1) is 27.6. The van der Waals surface area contributed by atoms with Gasteiger partial charge in [-0.3, -0.25) is 9.89 Å². The van der Waals surface area contributed by atoms with E-state index in [1.807, 2.05) is 18.2 Å². The van der Waals surface area contributed by atoms with Crippen molar-refractivity contribution in [3.05, 3.63) is 81.8 Å². The van der Waals surface area contributed by atoms with Crippen molar-refractivity contribution in [1.29, 1.82) is 0 Å². The predicted octanol–water partition coefficient (Wildman–Crippen LogP) is 6.09. The predicted molar refractivity (Wildman–Crippen MR) is 158 cm³/mol. The summed E-state index contributed by atoms with van der Waals surface area (Å²) < 4.78 is 37.2. The molecule has 0 spiro atoms. The average molecular weight is 628 g/mol. The van der Waals surface area contributed by atoms with Gasteiger partial charge in [0.2, 0.25) is 0 Å². The van der Waals surface area contributed by atoms with E-state index in [1.54, 1.807) is 24.3 Å². The number of fused-ring (bicyclic) bond motifs is 2. The Hall–Kier alpha value is -3.18. The fourth-order valence-corrected chi connectivity index (χ4v) is 7.95. The van der Waals surface area contributed by atoms with Crippen LogP contribution in [0, 0.1) is 5.92 Å². The molecule has 2 bridgehead atoms. The molecule has 4 aromatic rings. The number of aromatic nitrogens is 3. The molecule has 218 valence electrons. The van der Waals surface area contributed by atoms with Crippen molar-refractivity contribution in [2.45, 2.75) is 55.2 Å². The first-order valence-corrected chi connectivity index (χ1v) is 16.3. The Morgan fingerprint density at radius 3 is 2.50 bits per heavy atom. The van der Waals surface area contributed by atoms with E-state index in [-0.39, 0.29) is 11.0 Å². The number of Topliss-reactive ketones (excluding diaryl/α,β-unsaturated/α-hetero) is 1. The Balaban J connectivity index is 1.00. The van der Waals surface area contributed by atoms with Crippen LogP contribution in [0.1, 0.15) is 53.3 Å². The van der Waals surface area contributed by atoms with Crippen LogP contribution < -0.4 is 4.90 Å². The number of H-pyrrole nitrogens is 1. The third-order valence-corrected chi connectivity index (χ3v) is 10.8. The summed E-state index contributed by atoms with van der Waals surface area (Å²) in [7, 11) is -3.74. The smallest absolute Gasteiger partial charge is 0.188 e. The van der Waals surface area contributed by atoms with Gasteiger partial charge in [0.15, 0.2) is 15.6 Å². The topological polar surface area (TPSA) is 118 Å². The van der Waals surface area contributed by atoms with E-state index in [0.717, 1.165) is 49.2 Å². The largest absolute Gasteiger partial charge is 0.373 e. The number of nitrogens with zero attached hydrogens (tertiary/aromatic N) is 3. The van der Waals surface area contributed by atoms with E-state index in [4.69, 9.17) is 32.5 Å². The number of ether oxygens (including phenoxy) is 1. The normalized spacial score (nSPS) is 21.8. The zero-order chi connectivity index (χ0) is 29.0. The van der Waals surface area contributed by atoms with Crippen LogP contribution in [0.15, 0.2) is 64.3 Å². The van der Waals surface area contributed by atoms with Crippen LogP contribution in [0.5, 0.6) is 0 Å². The second-order valence-electron chi connectivity index (χ2n) is 11.3. The van der Waals surface area contributed by atoms with Crippen LogP contribution in [0.3, 0.4) is 0 Å². The summed E-state index contributed by atoms with van der Waals surface area (Å²) in [5.74, 6) is 0.558. The molecule has 3 heterocycles. The Kier molecular flexibility index (Phi) is 7.12.